The summed E-state index contributed by atoms with van der Waals surface area (Å²) in [6, 6.07) is 0. The zero-order valence-corrected chi connectivity index (χ0v) is 46.5. The first kappa shape index (κ1) is 67.1. The second-order valence-corrected chi connectivity index (χ2v) is 20.3. The van der Waals surface area contributed by atoms with Crippen molar-refractivity contribution >= 4 is 17.9 Å². The van der Waals surface area contributed by atoms with E-state index in [2.05, 4.69) is 81.5 Å². The molecule has 0 heterocycles. The molecule has 6 nitrogen and oxygen atoms in total. The molecule has 0 aliphatic heterocycles. The van der Waals surface area contributed by atoms with E-state index >= 15 is 0 Å². The van der Waals surface area contributed by atoms with Crippen LogP contribution in [-0.2, 0) is 28.6 Å². The van der Waals surface area contributed by atoms with Crippen LogP contribution in [-0.4, -0.2) is 37.2 Å². The van der Waals surface area contributed by atoms with Crippen molar-refractivity contribution in [2.75, 3.05) is 13.2 Å². The van der Waals surface area contributed by atoms with Crippen molar-refractivity contribution in [3.63, 3.8) is 0 Å². The van der Waals surface area contributed by atoms with E-state index in [4.69, 9.17) is 14.2 Å². The van der Waals surface area contributed by atoms with Crippen molar-refractivity contribution in [2.45, 2.75) is 316 Å². The Morgan fingerprint density at radius 3 is 0.929 bits per heavy atom. The topological polar surface area (TPSA) is 78.9 Å². The fourth-order valence-corrected chi connectivity index (χ4v) is 8.69. The highest BCUT2D eigenvalue weighted by atomic mass is 16.6. The lowest BCUT2D eigenvalue weighted by atomic mass is 10.0. The number of unbranched alkanes of at least 4 members (excludes halogenated alkanes) is 35. The van der Waals surface area contributed by atoms with Gasteiger partial charge in [0.25, 0.3) is 0 Å². The molecule has 6 heteroatoms. The Balaban J connectivity index is 4.45. The zero-order chi connectivity index (χ0) is 50.7. The van der Waals surface area contributed by atoms with Crippen LogP contribution in [0.4, 0.5) is 0 Å². The molecule has 0 aromatic carbocycles. The van der Waals surface area contributed by atoms with E-state index in [1.54, 1.807) is 0 Å². The molecule has 0 radical (unpaired) electrons. The molecule has 70 heavy (non-hydrogen) atoms. The van der Waals surface area contributed by atoms with E-state index in [0.717, 1.165) is 77.0 Å². The summed E-state index contributed by atoms with van der Waals surface area (Å²) in [6.07, 6.45) is 73.6. The largest absolute Gasteiger partial charge is 0.462 e. The maximum absolute atomic E-state index is 12.9. The minimum atomic E-state index is -0.806. The zero-order valence-electron chi connectivity index (χ0n) is 46.5. The van der Waals surface area contributed by atoms with Gasteiger partial charge >= 0.3 is 17.9 Å². The van der Waals surface area contributed by atoms with Crippen LogP contribution in [0.5, 0.6) is 0 Å². The van der Waals surface area contributed by atoms with Crippen LogP contribution in [0.2, 0.25) is 0 Å². The molecule has 0 N–H and O–H groups in total. The van der Waals surface area contributed by atoms with Gasteiger partial charge in [-0.3, -0.25) is 14.4 Å². The Kier molecular flexibility index (Phi) is 56.3. The third-order valence-electron chi connectivity index (χ3n) is 13.3. The summed E-state index contributed by atoms with van der Waals surface area (Å²) in [6.45, 7) is 6.61. The quantitative estimate of drug-likeness (QED) is 0.0199. The number of rotatable bonds is 55. The molecule has 0 amide bonds. The van der Waals surface area contributed by atoms with E-state index < -0.39 is 6.10 Å². The molecule has 0 spiro atoms. The summed E-state index contributed by atoms with van der Waals surface area (Å²) >= 11 is 0. The molecule has 0 saturated heterocycles. The number of hydrogen-bond donors (Lipinski definition) is 0. The predicted molar refractivity (Wildman–Crippen MR) is 302 cm³/mol. The summed E-state index contributed by atoms with van der Waals surface area (Å²) in [5, 5.41) is 0. The first-order valence-corrected chi connectivity index (χ1v) is 30.3. The van der Waals surface area contributed by atoms with Crippen LogP contribution >= 0.6 is 0 Å². The molecule has 0 saturated carbocycles. The standard InChI is InChI=1S/C64H114O6/c1-4-7-10-13-16-19-22-25-28-31-34-36-39-42-45-48-51-54-57-63(66)69-60-61(70-64(67)58-55-52-49-46-43-40-37-33-30-27-24-21-18-15-12-9-6-3)59-68-62(65)56-53-50-47-44-41-38-35-32-29-26-23-20-17-14-11-8-5-2/h27-28,30-31,34,36-37,40,46,49,61H,4-26,29,32-33,35,38-39,41-45,47-48,50-60H2,1-3H3/b30-27-,31-28-,36-34-,40-37-,49-46-. The van der Waals surface area contributed by atoms with Gasteiger partial charge in [0.15, 0.2) is 6.10 Å². The number of ether oxygens (including phenoxy) is 3. The van der Waals surface area contributed by atoms with Gasteiger partial charge < -0.3 is 14.2 Å². The molecule has 0 rings (SSSR count). The fourth-order valence-electron chi connectivity index (χ4n) is 8.69. The van der Waals surface area contributed by atoms with Gasteiger partial charge in [0.1, 0.15) is 13.2 Å². The Labute approximate surface area is 434 Å². The van der Waals surface area contributed by atoms with Gasteiger partial charge in [-0.2, -0.15) is 0 Å². The molecular formula is C64H114O6. The fraction of sp³-hybridized carbons (Fsp3) is 0.797. The number of carbonyl (C=O) groups is 3. The Bertz CT molecular complexity index is 1260. The second kappa shape index (κ2) is 58.7. The van der Waals surface area contributed by atoms with Gasteiger partial charge in [0.2, 0.25) is 0 Å². The lowest BCUT2D eigenvalue weighted by molar-refractivity contribution is -0.167. The molecule has 0 aliphatic carbocycles. The van der Waals surface area contributed by atoms with Crippen molar-refractivity contribution in [1.29, 1.82) is 0 Å². The van der Waals surface area contributed by atoms with Crippen LogP contribution in [0, 0.1) is 0 Å². The SMILES string of the molecule is CCCCCCCC/C=C\C/C=C\C/C=C\CCCC(=O)OC(COC(=O)CCCCCCC/C=C\C=C/CCCCCCCCC)COC(=O)CCCCCCCCCCCCCCCCCCC. The van der Waals surface area contributed by atoms with Crippen molar-refractivity contribution in [3.05, 3.63) is 60.8 Å². The lowest BCUT2D eigenvalue weighted by Crippen LogP contribution is -2.30. The van der Waals surface area contributed by atoms with Gasteiger partial charge in [0.05, 0.1) is 0 Å². The van der Waals surface area contributed by atoms with Crippen LogP contribution < -0.4 is 0 Å². The minimum absolute atomic E-state index is 0.0965. The summed E-state index contributed by atoms with van der Waals surface area (Å²) in [7, 11) is 0. The molecule has 0 aliphatic rings. The highest BCUT2D eigenvalue weighted by Gasteiger charge is 2.19. The maximum atomic E-state index is 12.9. The summed E-state index contributed by atoms with van der Waals surface area (Å²) < 4.78 is 16.8. The third kappa shape index (κ3) is 56.0. The first-order chi connectivity index (χ1) is 34.5. The molecule has 0 aromatic heterocycles. The molecule has 0 bridgehead atoms. The summed E-state index contributed by atoms with van der Waals surface area (Å²) in [5.41, 5.74) is 0. The average molecular weight is 980 g/mol. The average Bonchev–Trinajstić information content (AvgIpc) is 3.36. The first-order valence-electron chi connectivity index (χ1n) is 30.3. The third-order valence-corrected chi connectivity index (χ3v) is 13.3. The highest BCUT2D eigenvalue weighted by Crippen LogP contribution is 2.16. The maximum Gasteiger partial charge on any atom is 0.306 e. The Hall–Kier alpha value is -2.89. The van der Waals surface area contributed by atoms with Crippen molar-refractivity contribution in [3.8, 4) is 0 Å². The van der Waals surface area contributed by atoms with E-state index in [1.807, 2.05) is 0 Å². The van der Waals surface area contributed by atoms with E-state index in [1.165, 1.54) is 186 Å². The highest BCUT2D eigenvalue weighted by molar-refractivity contribution is 5.71. The van der Waals surface area contributed by atoms with E-state index in [-0.39, 0.29) is 37.5 Å². The van der Waals surface area contributed by atoms with E-state index in [0.29, 0.717) is 19.3 Å². The lowest BCUT2D eigenvalue weighted by Gasteiger charge is -2.18. The Morgan fingerprint density at radius 1 is 0.300 bits per heavy atom. The van der Waals surface area contributed by atoms with Crippen LogP contribution in [0.15, 0.2) is 60.8 Å². The normalized spacial score (nSPS) is 12.4. The van der Waals surface area contributed by atoms with Crippen molar-refractivity contribution < 1.29 is 28.6 Å². The number of carbonyl (C=O) groups excluding carboxylic acids is 3. The Morgan fingerprint density at radius 2 is 0.571 bits per heavy atom. The second-order valence-electron chi connectivity index (χ2n) is 20.3. The molecule has 0 aromatic rings. The molecule has 0 fully saturated rings. The molecule has 1 unspecified atom stereocenters. The predicted octanol–water partition coefficient (Wildman–Crippen LogP) is 20.4. The number of hydrogen-bond acceptors (Lipinski definition) is 6. The van der Waals surface area contributed by atoms with Gasteiger partial charge in [-0.25, -0.2) is 0 Å². The minimum Gasteiger partial charge on any atom is -0.462 e. The molecule has 1 atom stereocenters. The van der Waals surface area contributed by atoms with E-state index in [9.17, 15) is 14.4 Å². The van der Waals surface area contributed by atoms with Crippen molar-refractivity contribution in [1.82, 2.24) is 0 Å². The van der Waals surface area contributed by atoms with Gasteiger partial charge in [0, 0.05) is 19.3 Å². The summed E-state index contributed by atoms with van der Waals surface area (Å²) in [4.78, 5) is 38.2. The van der Waals surface area contributed by atoms with Gasteiger partial charge in [-0.15, -0.1) is 0 Å². The van der Waals surface area contributed by atoms with Gasteiger partial charge in [-0.05, 0) is 77.0 Å². The van der Waals surface area contributed by atoms with Crippen LogP contribution in [0.1, 0.15) is 310 Å². The van der Waals surface area contributed by atoms with Crippen molar-refractivity contribution in [2.24, 2.45) is 0 Å². The number of esters is 3. The van der Waals surface area contributed by atoms with Crippen LogP contribution in [0.3, 0.4) is 0 Å². The molecule has 406 valence electrons. The van der Waals surface area contributed by atoms with Crippen LogP contribution in [0.25, 0.3) is 0 Å². The molecular weight excluding hydrogens is 865 g/mol. The van der Waals surface area contributed by atoms with Gasteiger partial charge in [-0.1, -0.05) is 274 Å². The monoisotopic (exact) mass is 979 g/mol. The summed E-state index contributed by atoms with van der Waals surface area (Å²) in [5.74, 6) is -0.950. The number of allylic oxidation sites excluding steroid dienone is 10. The smallest absolute Gasteiger partial charge is 0.306 e.